The lowest BCUT2D eigenvalue weighted by molar-refractivity contribution is -0.134. The largest absolute Gasteiger partial charge is 0.490 e. The Morgan fingerprint density at radius 1 is 1.09 bits per heavy atom. The Morgan fingerprint density at radius 3 is 2.53 bits per heavy atom. The van der Waals surface area contributed by atoms with E-state index in [2.05, 4.69) is 22.6 Å². The second kappa shape index (κ2) is 9.74. The summed E-state index contributed by atoms with van der Waals surface area (Å²) >= 11 is 0. The summed E-state index contributed by atoms with van der Waals surface area (Å²) in [5.41, 5.74) is 2.01. The van der Waals surface area contributed by atoms with Gasteiger partial charge >= 0.3 is 0 Å². The Labute approximate surface area is 190 Å². The van der Waals surface area contributed by atoms with Gasteiger partial charge in [-0.05, 0) is 68.0 Å². The lowest BCUT2D eigenvalue weighted by atomic mass is 9.75. The number of amides is 2. The zero-order chi connectivity index (χ0) is 22.6. The molecule has 1 heterocycles. The van der Waals surface area contributed by atoms with Gasteiger partial charge in [0.2, 0.25) is 5.91 Å². The SMILES string of the molecule is CC(=O)NC1(C(=O)NCc2ccc(OC3CCN(C)CC3)cc2)CCCc2ccccc21. The maximum Gasteiger partial charge on any atom is 0.250 e. The number of piperidine rings is 1. The minimum absolute atomic E-state index is 0.161. The molecule has 6 heteroatoms. The number of nitrogens with zero attached hydrogens (tertiary/aromatic N) is 1. The lowest BCUT2D eigenvalue weighted by Gasteiger charge is -2.38. The topological polar surface area (TPSA) is 70.7 Å². The highest BCUT2D eigenvalue weighted by Gasteiger charge is 2.43. The van der Waals surface area contributed by atoms with Crippen LogP contribution in [-0.4, -0.2) is 43.0 Å². The molecule has 0 spiro atoms. The van der Waals surface area contributed by atoms with Crippen molar-refractivity contribution in [3.8, 4) is 5.75 Å². The van der Waals surface area contributed by atoms with Crippen LogP contribution >= 0.6 is 0 Å². The van der Waals surface area contributed by atoms with E-state index in [1.165, 1.54) is 6.92 Å². The molecule has 1 saturated heterocycles. The molecule has 2 N–H and O–H groups in total. The van der Waals surface area contributed by atoms with E-state index < -0.39 is 5.54 Å². The predicted molar refractivity (Wildman–Crippen MR) is 124 cm³/mol. The molecule has 1 unspecified atom stereocenters. The molecule has 6 nitrogen and oxygen atoms in total. The molecule has 32 heavy (non-hydrogen) atoms. The molecule has 0 bridgehead atoms. The monoisotopic (exact) mass is 435 g/mol. The second-order valence-electron chi connectivity index (χ2n) is 9.04. The van der Waals surface area contributed by atoms with Crippen LogP contribution in [0.25, 0.3) is 0 Å². The van der Waals surface area contributed by atoms with Crippen molar-refractivity contribution in [2.24, 2.45) is 0 Å². The molecular formula is C26H33N3O3. The number of hydrogen-bond donors (Lipinski definition) is 2. The minimum atomic E-state index is -1.02. The first-order valence-corrected chi connectivity index (χ1v) is 11.6. The molecule has 2 aromatic rings. The standard InChI is InChI=1S/C26H33N3O3/c1-19(30)28-26(15-5-7-21-6-3-4-8-24(21)26)25(31)27-18-20-9-11-22(12-10-20)32-23-13-16-29(2)17-14-23/h3-4,6,8-12,23H,5,7,13-18H2,1-2H3,(H,27,31)(H,28,30). The molecule has 4 rings (SSSR count). The van der Waals surface area contributed by atoms with Crippen LogP contribution in [0.15, 0.2) is 48.5 Å². The number of likely N-dealkylation sites (tertiary alicyclic amines) is 1. The zero-order valence-electron chi connectivity index (χ0n) is 19.0. The molecule has 1 aliphatic heterocycles. The Bertz CT molecular complexity index is 951. The molecule has 2 aliphatic rings. The van der Waals surface area contributed by atoms with E-state index in [1.54, 1.807) is 0 Å². The normalized spacial score (nSPS) is 21.4. The fraction of sp³-hybridized carbons (Fsp3) is 0.462. The molecule has 0 saturated carbocycles. The van der Waals surface area contributed by atoms with E-state index in [1.807, 2.05) is 48.5 Å². The van der Waals surface area contributed by atoms with Gasteiger partial charge in [-0.15, -0.1) is 0 Å². The number of aryl methyl sites for hydroxylation is 1. The van der Waals surface area contributed by atoms with Crippen LogP contribution in [0.3, 0.4) is 0 Å². The number of ether oxygens (including phenoxy) is 1. The van der Waals surface area contributed by atoms with E-state index in [0.717, 1.165) is 61.2 Å². The third-order valence-electron chi connectivity index (χ3n) is 6.60. The number of hydrogen-bond acceptors (Lipinski definition) is 4. The first-order chi connectivity index (χ1) is 15.5. The summed E-state index contributed by atoms with van der Waals surface area (Å²) in [6.45, 7) is 3.99. The van der Waals surface area contributed by atoms with Crippen molar-refractivity contribution in [2.45, 2.75) is 57.2 Å². The summed E-state index contributed by atoms with van der Waals surface area (Å²) in [6, 6.07) is 15.8. The van der Waals surface area contributed by atoms with Crippen molar-refractivity contribution in [3.63, 3.8) is 0 Å². The van der Waals surface area contributed by atoms with E-state index in [4.69, 9.17) is 4.74 Å². The molecule has 0 aromatic heterocycles. The molecule has 1 atom stereocenters. The highest BCUT2D eigenvalue weighted by molar-refractivity contribution is 5.92. The Kier molecular flexibility index (Phi) is 6.80. The lowest BCUT2D eigenvalue weighted by Crippen LogP contribution is -2.57. The fourth-order valence-corrected chi connectivity index (χ4v) is 4.87. The maximum absolute atomic E-state index is 13.4. The summed E-state index contributed by atoms with van der Waals surface area (Å²) < 4.78 is 6.12. The van der Waals surface area contributed by atoms with Crippen molar-refractivity contribution in [2.75, 3.05) is 20.1 Å². The van der Waals surface area contributed by atoms with E-state index in [-0.39, 0.29) is 17.9 Å². The first-order valence-electron chi connectivity index (χ1n) is 11.6. The van der Waals surface area contributed by atoms with Crippen molar-refractivity contribution >= 4 is 11.8 Å². The molecule has 170 valence electrons. The number of rotatable bonds is 6. The van der Waals surface area contributed by atoms with Gasteiger partial charge < -0.3 is 20.3 Å². The third kappa shape index (κ3) is 4.96. The van der Waals surface area contributed by atoms with Gasteiger partial charge in [0.25, 0.3) is 5.91 Å². The van der Waals surface area contributed by atoms with Crippen molar-refractivity contribution in [1.82, 2.24) is 15.5 Å². The van der Waals surface area contributed by atoms with Gasteiger partial charge in [0.15, 0.2) is 0 Å². The highest BCUT2D eigenvalue weighted by Crippen LogP contribution is 2.35. The van der Waals surface area contributed by atoms with Crippen LogP contribution in [0.4, 0.5) is 0 Å². The summed E-state index contributed by atoms with van der Waals surface area (Å²) in [7, 11) is 2.14. The number of benzene rings is 2. The number of fused-ring (bicyclic) bond motifs is 1. The predicted octanol–water partition coefficient (Wildman–Crippen LogP) is 3.14. The average molecular weight is 436 g/mol. The summed E-state index contributed by atoms with van der Waals surface area (Å²) in [4.78, 5) is 27.7. The van der Waals surface area contributed by atoms with Crippen molar-refractivity contribution in [3.05, 3.63) is 65.2 Å². The van der Waals surface area contributed by atoms with Gasteiger partial charge in [0.1, 0.15) is 17.4 Å². The van der Waals surface area contributed by atoms with Gasteiger partial charge in [0, 0.05) is 26.6 Å². The molecule has 1 fully saturated rings. The summed E-state index contributed by atoms with van der Waals surface area (Å²) in [6.07, 6.45) is 4.72. The van der Waals surface area contributed by atoms with Crippen LogP contribution in [0.2, 0.25) is 0 Å². The van der Waals surface area contributed by atoms with Gasteiger partial charge in [-0.1, -0.05) is 36.4 Å². The van der Waals surface area contributed by atoms with E-state index >= 15 is 0 Å². The van der Waals surface area contributed by atoms with E-state index in [0.29, 0.717) is 13.0 Å². The van der Waals surface area contributed by atoms with Crippen LogP contribution < -0.4 is 15.4 Å². The van der Waals surface area contributed by atoms with Gasteiger partial charge in [0.05, 0.1) is 0 Å². The van der Waals surface area contributed by atoms with Crippen LogP contribution in [0.1, 0.15) is 49.3 Å². The average Bonchev–Trinajstić information content (AvgIpc) is 2.80. The minimum Gasteiger partial charge on any atom is -0.490 e. The van der Waals surface area contributed by atoms with Crippen molar-refractivity contribution < 1.29 is 14.3 Å². The molecule has 2 amide bonds. The fourth-order valence-electron chi connectivity index (χ4n) is 4.87. The van der Waals surface area contributed by atoms with Crippen LogP contribution in [0, 0.1) is 0 Å². The molecule has 2 aromatic carbocycles. The second-order valence-corrected chi connectivity index (χ2v) is 9.04. The van der Waals surface area contributed by atoms with Gasteiger partial charge in [-0.2, -0.15) is 0 Å². The van der Waals surface area contributed by atoms with E-state index in [9.17, 15) is 9.59 Å². The Morgan fingerprint density at radius 2 is 1.81 bits per heavy atom. The highest BCUT2D eigenvalue weighted by atomic mass is 16.5. The van der Waals surface area contributed by atoms with Gasteiger partial charge in [-0.25, -0.2) is 0 Å². The Balaban J connectivity index is 1.41. The number of nitrogens with one attached hydrogen (secondary N) is 2. The summed E-state index contributed by atoms with van der Waals surface area (Å²) in [5.74, 6) is 0.504. The van der Waals surface area contributed by atoms with Crippen LogP contribution in [-0.2, 0) is 28.1 Å². The third-order valence-corrected chi connectivity index (χ3v) is 6.60. The first kappa shape index (κ1) is 22.3. The quantitative estimate of drug-likeness (QED) is 0.731. The number of carbonyl (C=O) groups is 2. The Hall–Kier alpha value is -2.86. The molecule has 1 aliphatic carbocycles. The van der Waals surface area contributed by atoms with Crippen molar-refractivity contribution in [1.29, 1.82) is 0 Å². The maximum atomic E-state index is 13.4. The molecule has 0 radical (unpaired) electrons. The summed E-state index contributed by atoms with van der Waals surface area (Å²) in [5, 5.41) is 6.03. The molecular weight excluding hydrogens is 402 g/mol. The van der Waals surface area contributed by atoms with Gasteiger partial charge in [-0.3, -0.25) is 9.59 Å². The zero-order valence-corrected chi connectivity index (χ0v) is 19.0. The smallest absolute Gasteiger partial charge is 0.250 e. The number of carbonyl (C=O) groups excluding carboxylic acids is 2. The van der Waals surface area contributed by atoms with Crippen LogP contribution in [0.5, 0.6) is 5.75 Å².